The monoisotopic (exact) mass is 431 g/mol. The number of thioether (sulfide) groups is 1. The molecule has 9 nitrogen and oxygen atoms in total. The van der Waals surface area contributed by atoms with Crippen LogP contribution in [0.15, 0.2) is 47.6 Å². The topological polar surface area (TPSA) is 112 Å². The number of morpholine rings is 1. The van der Waals surface area contributed by atoms with Gasteiger partial charge in [-0.05, 0) is 24.6 Å². The van der Waals surface area contributed by atoms with Crippen molar-refractivity contribution in [3.05, 3.63) is 58.3 Å². The SMILES string of the molecule is CC[C@@H](Sc1ncccc1C(=O)Oc1cccc([N+](=O)[O-])c1)C(=O)N1CCOCC1. The molecule has 0 N–H and O–H groups in total. The number of non-ortho nitro benzene ring substituents is 1. The van der Waals surface area contributed by atoms with Gasteiger partial charge in [-0.2, -0.15) is 0 Å². The zero-order valence-electron chi connectivity index (χ0n) is 16.4. The van der Waals surface area contributed by atoms with Crippen LogP contribution in [-0.4, -0.2) is 58.2 Å². The summed E-state index contributed by atoms with van der Waals surface area (Å²) in [6.07, 6.45) is 2.11. The predicted molar refractivity (Wildman–Crippen MR) is 110 cm³/mol. The Morgan fingerprint density at radius 3 is 2.77 bits per heavy atom. The fraction of sp³-hybridized carbons (Fsp3) is 0.350. The number of benzene rings is 1. The van der Waals surface area contributed by atoms with Crippen molar-refractivity contribution in [2.24, 2.45) is 0 Å². The van der Waals surface area contributed by atoms with Crippen LogP contribution in [-0.2, 0) is 9.53 Å². The van der Waals surface area contributed by atoms with Gasteiger partial charge in [-0.1, -0.05) is 24.8 Å². The molecule has 10 heteroatoms. The highest BCUT2D eigenvalue weighted by Gasteiger charge is 2.28. The lowest BCUT2D eigenvalue weighted by molar-refractivity contribution is -0.384. The minimum atomic E-state index is -0.695. The van der Waals surface area contributed by atoms with Crippen molar-refractivity contribution < 1.29 is 24.0 Å². The lowest BCUT2D eigenvalue weighted by Gasteiger charge is -2.29. The summed E-state index contributed by atoms with van der Waals surface area (Å²) in [6, 6.07) is 8.54. The molecule has 2 aromatic rings. The first-order valence-electron chi connectivity index (χ1n) is 9.44. The summed E-state index contributed by atoms with van der Waals surface area (Å²) in [4.78, 5) is 41.9. The molecule has 30 heavy (non-hydrogen) atoms. The number of hydrogen-bond acceptors (Lipinski definition) is 8. The van der Waals surface area contributed by atoms with Crippen molar-refractivity contribution in [2.45, 2.75) is 23.6 Å². The normalized spacial score (nSPS) is 14.8. The fourth-order valence-electron chi connectivity index (χ4n) is 2.89. The number of rotatable bonds is 7. The van der Waals surface area contributed by atoms with E-state index in [0.29, 0.717) is 37.8 Å². The smallest absolute Gasteiger partial charge is 0.346 e. The Morgan fingerprint density at radius 2 is 2.07 bits per heavy atom. The average Bonchev–Trinajstić information content (AvgIpc) is 2.78. The van der Waals surface area contributed by atoms with Gasteiger partial charge in [0.05, 0.1) is 35.0 Å². The Bertz CT molecular complexity index is 932. The van der Waals surface area contributed by atoms with E-state index in [4.69, 9.17) is 9.47 Å². The first kappa shape index (κ1) is 21.7. The van der Waals surface area contributed by atoms with Crippen molar-refractivity contribution in [1.29, 1.82) is 0 Å². The summed E-state index contributed by atoms with van der Waals surface area (Å²) in [7, 11) is 0. The molecule has 0 radical (unpaired) electrons. The summed E-state index contributed by atoms with van der Waals surface area (Å²) in [5.41, 5.74) is 0.0190. The number of aromatic nitrogens is 1. The van der Waals surface area contributed by atoms with Crippen LogP contribution in [0, 0.1) is 10.1 Å². The third-order valence-corrected chi connectivity index (χ3v) is 5.82. The molecule has 1 saturated heterocycles. The van der Waals surface area contributed by atoms with E-state index in [-0.39, 0.29) is 22.9 Å². The minimum absolute atomic E-state index is 0.0190. The summed E-state index contributed by atoms with van der Waals surface area (Å²) in [6.45, 7) is 4.01. The Balaban J connectivity index is 1.76. The highest BCUT2D eigenvalue weighted by atomic mass is 32.2. The molecule has 1 aliphatic heterocycles. The highest BCUT2D eigenvalue weighted by molar-refractivity contribution is 8.00. The third-order valence-electron chi connectivity index (χ3n) is 4.45. The maximum absolute atomic E-state index is 12.8. The predicted octanol–water partition coefficient (Wildman–Crippen LogP) is 2.94. The molecule has 1 aromatic carbocycles. The van der Waals surface area contributed by atoms with Crippen LogP contribution in [0.3, 0.4) is 0 Å². The molecular formula is C20H21N3O6S. The van der Waals surface area contributed by atoms with Gasteiger partial charge in [-0.3, -0.25) is 14.9 Å². The van der Waals surface area contributed by atoms with Crippen molar-refractivity contribution in [3.63, 3.8) is 0 Å². The van der Waals surface area contributed by atoms with Crippen LogP contribution in [0.1, 0.15) is 23.7 Å². The summed E-state index contributed by atoms with van der Waals surface area (Å²) in [5.74, 6) is -0.653. The number of ether oxygens (including phenoxy) is 2. The number of nitro benzene ring substituents is 1. The molecule has 3 rings (SSSR count). The van der Waals surface area contributed by atoms with E-state index in [2.05, 4.69) is 4.98 Å². The van der Waals surface area contributed by atoms with Crippen LogP contribution < -0.4 is 4.74 Å². The molecule has 1 aliphatic rings. The zero-order valence-corrected chi connectivity index (χ0v) is 17.2. The largest absolute Gasteiger partial charge is 0.423 e. The second kappa shape index (κ2) is 10.2. The van der Waals surface area contributed by atoms with Gasteiger partial charge in [0.2, 0.25) is 5.91 Å². The van der Waals surface area contributed by atoms with Crippen LogP contribution in [0.2, 0.25) is 0 Å². The molecule has 158 valence electrons. The molecule has 1 amide bonds. The highest BCUT2D eigenvalue weighted by Crippen LogP contribution is 2.29. The number of hydrogen-bond donors (Lipinski definition) is 0. The van der Waals surface area contributed by atoms with Crippen LogP contribution in [0.5, 0.6) is 5.75 Å². The molecule has 0 bridgehead atoms. The molecular weight excluding hydrogens is 410 g/mol. The number of pyridine rings is 1. The van der Waals surface area contributed by atoms with Gasteiger partial charge in [0, 0.05) is 25.4 Å². The Morgan fingerprint density at radius 1 is 1.30 bits per heavy atom. The number of nitrogens with zero attached hydrogens (tertiary/aromatic N) is 3. The minimum Gasteiger partial charge on any atom is -0.423 e. The summed E-state index contributed by atoms with van der Waals surface area (Å²) >= 11 is 1.21. The number of amides is 1. The standard InChI is InChI=1S/C20H21N3O6S/c1-2-17(19(24)22-9-11-28-12-10-22)30-18-16(7-4-8-21-18)20(25)29-15-6-3-5-14(13-15)23(26)27/h3-8,13,17H,2,9-12H2,1H3/t17-/m1/s1. The van der Waals surface area contributed by atoms with E-state index < -0.39 is 16.1 Å². The number of carbonyl (C=O) groups is 2. The van der Waals surface area contributed by atoms with Gasteiger partial charge < -0.3 is 14.4 Å². The van der Waals surface area contributed by atoms with Crippen LogP contribution in [0.25, 0.3) is 0 Å². The van der Waals surface area contributed by atoms with Crippen molar-refractivity contribution in [2.75, 3.05) is 26.3 Å². The van der Waals surface area contributed by atoms with E-state index in [1.807, 2.05) is 6.92 Å². The number of carbonyl (C=O) groups excluding carboxylic acids is 2. The van der Waals surface area contributed by atoms with Crippen LogP contribution >= 0.6 is 11.8 Å². The van der Waals surface area contributed by atoms with Gasteiger partial charge in [-0.15, -0.1) is 0 Å². The number of nitro groups is 1. The summed E-state index contributed by atoms with van der Waals surface area (Å²) in [5, 5.41) is 10.9. The van der Waals surface area contributed by atoms with E-state index in [9.17, 15) is 19.7 Å². The lowest BCUT2D eigenvalue weighted by Crippen LogP contribution is -2.44. The van der Waals surface area contributed by atoms with Crippen molar-refractivity contribution >= 4 is 29.3 Å². The van der Waals surface area contributed by atoms with E-state index in [1.165, 1.54) is 36.0 Å². The summed E-state index contributed by atoms with van der Waals surface area (Å²) < 4.78 is 10.6. The first-order chi connectivity index (χ1) is 14.5. The van der Waals surface area contributed by atoms with Crippen molar-refractivity contribution in [3.8, 4) is 5.75 Å². The maximum Gasteiger partial charge on any atom is 0.346 e. The van der Waals surface area contributed by atoms with E-state index >= 15 is 0 Å². The van der Waals surface area contributed by atoms with E-state index in [0.717, 1.165) is 0 Å². The van der Waals surface area contributed by atoms with Gasteiger partial charge in [0.25, 0.3) is 5.69 Å². The van der Waals surface area contributed by atoms with E-state index in [1.54, 1.807) is 23.2 Å². The zero-order chi connectivity index (χ0) is 21.5. The van der Waals surface area contributed by atoms with Crippen LogP contribution in [0.4, 0.5) is 5.69 Å². The molecule has 0 saturated carbocycles. The quantitative estimate of drug-likeness (QED) is 0.216. The maximum atomic E-state index is 12.8. The second-order valence-corrected chi connectivity index (χ2v) is 7.64. The molecule has 0 unspecified atom stereocenters. The molecule has 2 heterocycles. The molecule has 0 aliphatic carbocycles. The lowest BCUT2D eigenvalue weighted by atomic mass is 10.2. The van der Waals surface area contributed by atoms with Gasteiger partial charge in [0.15, 0.2) is 0 Å². The Labute approximate surface area is 177 Å². The molecule has 1 aromatic heterocycles. The Hall–Kier alpha value is -2.98. The van der Waals surface area contributed by atoms with Crippen molar-refractivity contribution in [1.82, 2.24) is 9.88 Å². The fourth-order valence-corrected chi connectivity index (χ4v) is 3.98. The molecule has 0 spiro atoms. The van der Waals surface area contributed by atoms with Gasteiger partial charge >= 0.3 is 5.97 Å². The average molecular weight is 431 g/mol. The Kier molecular flexibility index (Phi) is 7.36. The second-order valence-electron chi connectivity index (χ2n) is 6.45. The molecule has 1 atom stereocenters. The third kappa shape index (κ3) is 5.33. The number of esters is 1. The van der Waals surface area contributed by atoms with Gasteiger partial charge in [0.1, 0.15) is 10.8 Å². The molecule has 1 fully saturated rings. The van der Waals surface area contributed by atoms with Gasteiger partial charge in [-0.25, -0.2) is 9.78 Å². The first-order valence-corrected chi connectivity index (χ1v) is 10.3.